The summed E-state index contributed by atoms with van der Waals surface area (Å²) in [6, 6.07) is 9.70. The second-order valence-corrected chi connectivity index (χ2v) is 7.25. The van der Waals surface area contributed by atoms with Gasteiger partial charge in [-0.25, -0.2) is 9.97 Å². The SMILES string of the molecule is C[C@@]12CCN(C(=O)c3cncnc3)C[C@H]1N(Cc1ccccc1)C(=O)CO2. The van der Waals surface area contributed by atoms with Gasteiger partial charge in [0, 0.05) is 32.0 Å². The summed E-state index contributed by atoms with van der Waals surface area (Å²) in [5.74, 6) is -0.158. The summed E-state index contributed by atoms with van der Waals surface area (Å²) >= 11 is 0. The average molecular weight is 366 g/mol. The zero-order valence-corrected chi connectivity index (χ0v) is 15.2. The fourth-order valence-electron chi connectivity index (χ4n) is 3.85. The lowest BCUT2D eigenvalue weighted by Gasteiger charge is -2.52. The number of hydrogen-bond donors (Lipinski definition) is 0. The van der Waals surface area contributed by atoms with Crippen molar-refractivity contribution in [3.8, 4) is 0 Å². The largest absolute Gasteiger partial charge is 0.363 e. The van der Waals surface area contributed by atoms with Crippen LogP contribution >= 0.6 is 0 Å². The summed E-state index contributed by atoms with van der Waals surface area (Å²) < 4.78 is 5.93. The molecule has 2 aliphatic rings. The fraction of sp³-hybridized carbons (Fsp3) is 0.400. The number of ether oxygens (including phenoxy) is 1. The number of carbonyl (C=O) groups excluding carboxylic acids is 2. The molecule has 0 spiro atoms. The molecule has 1 aromatic carbocycles. The van der Waals surface area contributed by atoms with Crippen molar-refractivity contribution in [2.45, 2.75) is 31.5 Å². The number of benzene rings is 1. The second-order valence-electron chi connectivity index (χ2n) is 7.25. The van der Waals surface area contributed by atoms with E-state index < -0.39 is 5.60 Å². The first kappa shape index (κ1) is 17.6. The van der Waals surface area contributed by atoms with Gasteiger partial charge in [-0.15, -0.1) is 0 Å². The van der Waals surface area contributed by atoms with Crippen molar-refractivity contribution in [1.82, 2.24) is 19.8 Å². The normalized spacial score (nSPS) is 25.2. The lowest BCUT2D eigenvalue weighted by molar-refractivity contribution is -0.186. The minimum Gasteiger partial charge on any atom is -0.363 e. The van der Waals surface area contributed by atoms with Crippen LogP contribution in [0.3, 0.4) is 0 Å². The summed E-state index contributed by atoms with van der Waals surface area (Å²) in [7, 11) is 0. The Morgan fingerprint density at radius 2 is 2.00 bits per heavy atom. The predicted octanol–water partition coefficient (Wildman–Crippen LogP) is 1.51. The molecule has 0 aliphatic carbocycles. The molecule has 4 rings (SSSR count). The maximum atomic E-state index is 12.8. The first-order valence-electron chi connectivity index (χ1n) is 9.08. The number of nitrogens with zero attached hydrogens (tertiary/aromatic N) is 4. The maximum absolute atomic E-state index is 12.8. The van der Waals surface area contributed by atoms with E-state index in [1.165, 1.54) is 18.7 Å². The lowest BCUT2D eigenvalue weighted by atomic mass is 9.85. The van der Waals surface area contributed by atoms with Crippen LogP contribution in [0.25, 0.3) is 0 Å². The van der Waals surface area contributed by atoms with Crippen LogP contribution in [0.15, 0.2) is 49.1 Å². The van der Waals surface area contributed by atoms with E-state index in [4.69, 9.17) is 4.74 Å². The van der Waals surface area contributed by atoms with Gasteiger partial charge in [-0.3, -0.25) is 9.59 Å². The molecule has 0 radical (unpaired) electrons. The molecule has 0 unspecified atom stereocenters. The van der Waals surface area contributed by atoms with Crippen LogP contribution in [-0.4, -0.2) is 62.9 Å². The Balaban J connectivity index is 1.58. The molecule has 0 saturated carbocycles. The maximum Gasteiger partial charge on any atom is 0.257 e. The molecule has 2 aliphatic heterocycles. The summed E-state index contributed by atoms with van der Waals surface area (Å²) in [5.41, 5.74) is 1.07. The molecule has 7 nitrogen and oxygen atoms in total. The Bertz CT molecular complexity index is 830. The first-order chi connectivity index (χ1) is 13.1. The van der Waals surface area contributed by atoms with Crippen LogP contribution in [0, 0.1) is 0 Å². The third kappa shape index (κ3) is 3.42. The van der Waals surface area contributed by atoms with Crippen molar-refractivity contribution >= 4 is 11.8 Å². The number of rotatable bonds is 3. The Labute approximate surface area is 158 Å². The van der Waals surface area contributed by atoms with Gasteiger partial charge in [0.05, 0.1) is 17.2 Å². The number of likely N-dealkylation sites (tertiary alicyclic amines) is 1. The minimum absolute atomic E-state index is 0.0429. The molecule has 27 heavy (non-hydrogen) atoms. The van der Waals surface area contributed by atoms with Gasteiger partial charge < -0.3 is 14.5 Å². The number of amides is 2. The van der Waals surface area contributed by atoms with Gasteiger partial charge in [0.2, 0.25) is 5.91 Å². The Morgan fingerprint density at radius 1 is 1.26 bits per heavy atom. The smallest absolute Gasteiger partial charge is 0.257 e. The van der Waals surface area contributed by atoms with Crippen molar-refractivity contribution in [1.29, 1.82) is 0 Å². The van der Waals surface area contributed by atoms with E-state index in [0.29, 0.717) is 31.6 Å². The summed E-state index contributed by atoms with van der Waals surface area (Å²) in [5, 5.41) is 0. The van der Waals surface area contributed by atoms with Gasteiger partial charge in [0.25, 0.3) is 5.91 Å². The Morgan fingerprint density at radius 3 is 2.74 bits per heavy atom. The van der Waals surface area contributed by atoms with Crippen molar-refractivity contribution in [2.24, 2.45) is 0 Å². The van der Waals surface area contributed by atoms with E-state index >= 15 is 0 Å². The summed E-state index contributed by atoms with van der Waals surface area (Å²) in [6.07, 6.45) is 5.12. The zero-order valence-electron chi connectivity index (χ0n) is 15.2. The van der Waals surface area contributed by atoms with E-state index in [1.807, 2.05) is 42.2 Å². The Kier molecular flexibility index (Phi) is 4.61. The van der Waals surface area contributed by atoms with E-state index in [-0.39, 0.29) is 24.5 Å². The molecule has 0 N–H and O–H groups in total. The monoisotopic (exact) mass is 366 g/mol. The molecule has 0 bridgehead atoms. The highest BCUT2D eigenvalue weighted by atomic mass is 16.5. The van der Waals surface area contributed by atoms with Crippen molar-refractivity contribution in [3.63, 3.8) is 0 Å². The number of piperidine rings is 1. The van der Waals surface area contributed by atoms with E-state index in [2.05, 4.69) is 9.97 Å². The van der Waals surface area contributed by atoms with Gasteiger partial charge in [-0.2, -0.15) is 0 Å². The first-order valence-corrected chi connectivity index (χ1v) is 9.08. The standard InChI is InChI=1S/C20H22N4O3/c1-20-7-8-23(19(26)16-9-21-14-22-10-16)12-17(20)24(18(25)13-27-20)11-15-5-3-2-4-6-15/h2-6,9-10,14,17H,7-8,11-13H2,1H3/t17-,20-/m1/s1. The Hall–Kier alpha value is -2.80. The fourth-order valence-corrected chi connectivity index (χ4v) is 3.85. The van der Waals surface area contributed by atoms with Crippen LogP contribution in [0.4, 0.5) is 0 Å². The molecule has 7 heteroatoms. The van der Waals surface area contributed by atoms with Crippen LogP contribution in [0.2, 0.25) is 0 Å². The third-order valence-corrected chi connectivity index (χ3v) is 5.49. The molecule has 1 aromatic heterocycles. The van der Waals surface area contributed by atoms with E-state index in [1.54, 1.807) is 4.90 Å². The minimum atomic E-state index is -0.452. The third-order valence-electron chi connectivity index (χ3n) is 5.49. The van der Waals surface area contributed by atoms with Gasteiger partial charge >= 0.3 is 0 Å². The summed E-state index contributed by atoms with van der Waals surface area (Å²) in [4.78, 5) is 36.9. The van der Waals surface area contributed by atoms with E-state index in [9.17, 15) is 9.59 Å². The summed E-state index contributed by atoms with van der Waals surface area (Å²) in [6.45, 7) is 3.65. The number of aromatic nitrogens is 2. The predicted molar refractivity (Wildman–Crippen MR) is 97.7 cm³/mol. The number of morpholine rings is 1. The number of fused-ring (bicyclic) bond motifs is 1. The second kappa shape index (κ2) is 7.08. The molecule has 2 amide bonds. The van der Waals surface area contributed by atoms with Crippen LogP contribution < -0.4 is 0 Å². The van der Waals surface area contributed by atoms with Crippen LogP contribution in [0.5, 0.6) is 0 Å². The number of hydrogen-bond acceptors (Lipinski definition) is 5. The van der Waals surface area contributed by atoms with Crippen LogP contribution in [-0.2, 0) is 16.1 Å². The van der Waals surface area contributed by atoms with Crippen molar-refractivity contribution in [2.75, 3.05) is 19.7 Å². The highest BCUT2D eigenvalue weighted by Crippen LogP contribution is 2.34. The highest BCUT2D eigenvalue weighted by molar-refractivity contribution is 5.93. The topological polar surface area (TPSA) is 75.6 Å². The molecule has 140 valence electrons. The van der Waals surface area contributed by atoms with Gasteiger partial charge in [-0.05, 0) is 18.9 Å². The molecule has 2 aromatic rings. The quantitative estimate of drug-likeness (QED) is 0.823. The zero-order chi connectivity index (χ0) is 18.9. The molecule has 2 saturated heterocycles. The highest BCUT2D eigenvalue weighted by Gasteiger charge is 2.49. The molecular weight excluding hydrogens is 344 g/mol. The van der Waals surface area contributed by atoms with Gasteiger partial charge in [0.1, 0.15) is 12.9 Å². The lowest BCUT2D eigenvalue weighted by Crippen LogP contribution is -2.67. The van der Waals surface area contributed by atoms with Gasteiger partial charge in [0.15, 0.2) is 0 Å². The average Bonchev–Trinajstić information content (AvgIpc) is 2.71. The van der Waals surface area contributed by atoms with Gasteiger partial charge in [-0.1, -0.05) is 30.3 Å². The van der Waals surface area contributed by atoms with Crippen LogP contribution in [0.1, 0.15) is 29.3 Å². The number of carbonyl (C=O) groups is 2. The molecule has 3 heterocycles. The van der Waals surface area contributed by atoms with E-state index in [0.717, 1.165) is 5.56 Å². The molecular formula is C20H22N4O3. The van der Waals surface area contributed by atoms with Crippen molar-refractivity contribution < 1.29 is 14.3 Å². The van der Waals surface area contributed by atoms with Crippen molar-refractivity contribution in [3.05, 3.63) is 60.2 Å². The molecule has 2 fully saturated rings. The molecule has 2 atom stereocenters.